The number of nitriles is 1. The lowest BCUT2D eigenvalue weighted by Gasteiger charge is -2.22. The lowest BCUT2D eigenvalue weighted by molar-refractivity contribution is -0.133. The molecule has 1 atom stereocenters. The van der Waals surface area contributed by atoms with Gasteiger partial charge >= 0.3 is 6.03 Å². The van der Waals surface area contributed by atoms with Crippen molar-refractivity contribution in [2.24, 2.45) is 0 Å². The maximum absolute atomic E-state index is 13.0. The first-order valence-electron chi connectivity index (χ1n) is 9.89. The first kappa shape index (κ1) is 21.1. The van der Waals surface area contributed by atoms with Crippen molar-refractivity contribution in [2.75, 3.05) is 11.9 Å². The van der Waals surface area contributed by atoms with Crippen molar-refractivity contribution in [1.82, 2.24) is 10.2 Å². The molecule has 0 aromatic heterocycles. The molecule has 1 heterocycles. The Morgan fingerprint density at radius 1 is 1.10 bits per heavy atom. The van der Waals surface area contributed by atoms with Gasteiger partial charge in [-0.1, -0.05) is 44.2 Å². The molecule has 154 valence electrons. The SMILES string of the molecule is CCc1cccc(CC)c1NC(=O)CN1C(=O)NC(C)(c2ccc(C#N)cc2)C1=O. The molecular formula is C23H24N4O3. The van der Waals surface area contributed by atoms with Gasteiger partial charge < -0.3 is 10.6 Å². The van der Waals surface area contributed by atoms with Crippen molar-refractivity contribution in [2.45, 2.75) is 39.2 Å². The summed E-state index contributed by atoms with van der Waals surface area (Å²) in [6.45, 7) is 5.22. The molecule has 3 rings (SSSR count). The van der Waals surface area contributed by atoms with Crippen LogP contribution in [0, 0.1) is 11.3 Å². The fourth-order valence-electron chi connectivity index (χ4n) is 3.64. The van der Waals surface area contributed by atoms with Gasteiger partial charge in [0.15, 0.2) is 0 Å². The normalized spacial score (nSPS) is 18.1. The van der Waals surface area contributed by atoms with E-state index in [0.717, 1.165) is 34.6 Å². The third-order valence-electron chi connectivity index (χ3n) is 5.43. The highest BCUT2D eigenvalue weighted by Gasteiger charge is 2.49. The molecule has 1 saturated heterocycles. The molecule has 30 heavy (non-hydrogen) atoms. The van der Waals surface area contributed by atoms with Gasteiger partial charge in [-0.15, -0.1) is 0 Å². The second kappa shape index (κ2) is 8.37. The first-order chi connectivity index (χ1) is 14.3. The largest absolute Gasteiger partial charge is 0.325 e. The van der Waals surface area contributed by atoms with Gasteiger partial charge in [-0.3, -0.25) is 14.5 Å². The average Bonchev–Trinajstić information content (AvgIpc) is 2.97. The molecule has 1 unspecified atom stereocenters. The molecule has 2 aromatic carbocycles. The molecule has 2 aromatic rings. The van der Waals surface area contributed by atoms with Crippen LogP contribution in [0.2, 0.25) is 0 Å². The van der Waals surface area contributed by atoms with Crippen LogP contribution in [0.25, 0.3) is 0 Å². The van der Waals surface area contributed by atoms with Crippen LogP contribution in [0.5, 0.6) is 0 Å². The quantitative estimate of drug-likeness (QED) is 0.722. The van der Waals surface area contributed by atoms with Gasteiger partial charge in [-0.2, -0.15) is 5.26 Å². The molecule has 7 nitrogen and oxygen atoms in total. The number of imide groups is 1. The number of hydrogen-bond acceptors (Lipinski definition) is 4. The van der Waals surface area contributed by atoms with Crippen molar-refractivity contribution in [3.8, 4) is 6.07 Å². The van der Waals surface area contributed by atoms with Crippen LogP contribution in [-0.4, -0.2) is 29.3 Å². The highest BCUT2D eigenvalue weighted by atomic mass is 16.2. The van der Waals surface area contributed by atoms with E-state index in [9.17, 15) is 14.4 Å². The Morgan fingerprint density at radius 2 is 1.70 bits per heavy atom. The number of nitrogens with one attached hydrogen (secondary N) is 2. The number of anilines is 1. The maximum atomic E-state index is 13.0. The minimum atomic E-state index is -1.29. The van der Waals surface area contributed by atoms with Crippen molar-refractivity contribution in [3.05, 3.63) is 64.7 Å². The summed E-state index contributed by atoms with van der Waals surface area (Å²) in [4.78, 5) is 39.1. The summed E-state index contributed by atoms with van der Waals surface area (Å²) in [5.41, 5.74) is 2.46. The Balaban J connectivity index is 1.79. The number of carbonyl (C=O) groups is 3. The molecule has 0 radical (unpaired) electrons. The minimum absolute atomic E-state index is 0.377. The zero-order valence-electron chi connectivity index (χ0n) is 17.3. The van der Waals surface area contributed by atoms with Crippen LogP contribution in [-0.2, 0) is 28.0 Å². The van der Waals surface area contributed by atoms with E-state index >= 15 is 0 Å². The average molecular weight is 404 g/mol. The van der Waals surface area contributed by atoms with Crippen LogP contribution < -0.4 is 10.6 Å². The van der Waals surface area contributed by atoms with Crippen molar-refractivity contribution in [1.29, 1.82) is 5.26 Å². The summed E-state index contributed by atoms with van der Waals surface area (Å²) in [5, 5.41) is 14.5. The molecule has 7 heteroatoms. The minimum Gasteiger partial charge on any atom is -0.324 e. The van der Waals surface area contributed by atoms with Gasteiger partial charge in [0.25, 0.3) is 5.91 Å². The summed E-state index contributed by atoms with van der Waals surface area (Å²) in [6.07, 6.45) is 1.51. The number of carbonyl (C=O) groups excluding carboxylic acids is 3. The van der Waals surface area contributed by atoms with E-state index in [1.807, 2.05) is 38.1 Å². The van der Waals surface area contributed by atoms with Crippen LogP contribution in [0.15, 0.2) is 42.5 Å². The molecule has 1 fully saturated rings. The fraction of sp³-hybridized carbons (Fsp3) is 0.304. The predicted octanol–water partition coefficient (Wildman–Crippen LogP) is 3.09. The van der Waals surface area contributed by atoms with Crippen LogP contribution in [0.4, 0.5) is 10.5 Å². The highest BCUT2D eigenvalue weighted by Crippen LogP contribution is 2.29. The van der Waals surface area contributed by atoms with Gasteiger partial charge in [-0.25, -0.2) is 4.79 Å². The topological polar surface area (TPSA) is 102 Å². The number of aryl methyl sites for hydroxylation is 2. The van der Waals surface area contributed by atoms with Crippen LogP contribution in [0.1, 0.15) is 43.0 Å². The number of hydrogen-bond donors (Lipinski definition) is 2. The standard InChI is InChI=1S/C23H24N4O3/c1-4-16-7-6-8-17(5-2)20(16)25-19(28)14-27-21(29)23(3,26-22(27)30)18-11-9-15(13-24)10-12-18/h6-12H,4-5,14H2,1-3H3,(H,25,28)(H,26,30). The first-order valence-corrected chi connectivity index (χ1v) is 9.89. The van der Waals surface area contributed by atoms with Gasteiger partial charge in [0.2, 0.25) is 5.91 Å². The third-order valence-corrected chi connectivity index (χ3v) is 5.43. The van der Waals surface area contributed by atoms with Crippen LogP contribution >= 0.6 is 0 Å². The summed E-state index contributed by atoms with van der Waals surface area (Å²) < 4.78 is 0. The Hall–Kier alpha value is -3.66. The number of para-hydroxylation sites is 1. The van der Waals surface area contributed by atoms with E-state index < -0.39 is 23.4 Å². The summed E-state index contributed by atoms with van der Waals surface area (Å²) in [5.74, 6) is -0.940. The lowest BCUT2D eigenvalue weighted by atomic mass is 9.91. The second-order valence-electron chi connectivity index (χ2n) is 7.34. The number of nitrogens with zero attached hydrogens (tertiary/aromatic N) is 2. The zero-order valence-corrected chi connectivity index (χ0v) is 17.3. The van der Waals surface area contributed by atoms with E-state index in [-0.39, 0.29) is 6.54 Å². The molecule has 1 aliphatic heterocycles. The molecule has 0 aliphatic carbocycles. The maximum Gasteiger partial charge on any atom is 0.325 e. The Labute approximate surface area is 175 Å². The molecular weight excluding hydrogens is 380 g/mol. The Morgan fingerprint density at radius 3 is 2.23 bits per heavy atom. The van der Waals surface area contributed by atoms with Crippen LogP contribution in [0.3, 0.4) is 0 Å². The van der Waals surface area contributed by atoms with Gasteiger partial charge in [-0.05, 0) is 48.6 Å². The number of urea groups is 1. The van der Waals surface area contributed by atoms with Crippen molar-refractivity contribution in [3.63, 3.8) is 0 Å². The predicted molar refractivity (Wildman–Crippen MR) is 113 cm³/mol. The van der Waals surface area contributed by atoms with E-state index in [0.29, 0.717) is 11.1 Å². The Kier molecular flexibility index (Phi) is 5.88. The molecule has 0 bridgehead atoms. The zero-order chi connectivity index (χ0) is 21.9. The number of benzene rings is 2. The monoisotopic (exact) mass is 404 g/mol. The molecule has 1 aliphatic rings. The van der Waals surface area contributed by atoms with Gasteiger partial charge in [0, 0.05) is 5.69 Å². The van der Waals surface area contributed by atoms with Gasteiger partial charge in [0.05, 0.1) is 11.6 Å². The number of rotatable bonds is 6. The van der Waals surface area contributed by atoms with Crippen molar-refractivity contribution < 1.29 is 14.4 Å². The van der Waals surface area contributed by atoms with E-state index in [4.69, 9.17) is 5.26 Å². The van der Waals surface area contributed by atoms with E-state index in [2.05, 4.69) is 10.6 Å². The molecule has 2 N–H and O–H groups in total. The second-order valence-corrected chi connectivity index (χ2v) is 7.34. The highest BCUT2D eigenvalue weighted by molar-refractivity contribution is 6.10. The Bertz CT molecular complexity index is 1020. The summed E-state index contributed by atoms with van der Waals surface area (Å²) in [6, 6.07) is 13.7. The summed E-state index contributed by atoms with van der Waals surface area (Å²) in [7, 11) is 0. The van der Waals surface area contributed by atoms with Gasteiger partial charge in [0.1, 0.15) is 12.1 Å². The molecule has 0 spiro atoms. The van der Waals surface area contributed by atoms with Crippen molar-refractivity contribution >= 4 is 23.5 Å². The van der Waals surface area contributed by atoms with E-state index in [1.54, 1.807) is 31.2 Å². The summed E-state index contributed by atoms with van der Waals surface area (Å²) >= 11 is 0. The smallest absolute Gasteiger partial charge is 0.324 e. The molecule has 0 saturated carbocycles. The van der Waals surface area contributed by atoms with E-state index in [1.165, 1.54) is 0 Å². The number of amides is 4. The fourth-order valence-corrected chi connectivity index (χ4v) is 3.64. The lowest BCUT2D eigenvalue weighted by Crippen LogP contribution is -2.42. The third kappa shape index (κ3) is 3.77. The molecule has 4 amide bonds.